The van der Waals surface area contributed by atoms with E-state index in [-0.39, 0.29) is 6.42 Å². The molecular weight excluding hydrogens is 374 g/mol. The quantitative estimate of drug-likeness (QED) is 0.565. The van der Waals surface area contributed by atoms with E-state index >= 15 is 0 Å². The molecule has 0 aliphatic heterocycles. The van der Waals surface area contributed by atoms with Crippen molar-refractivity contribution in [2.24, 2.45) is 0 Å². The van der Waals surface area contributed by atoms with E-state index in [9.17, 15) is 9.90 Å². The van der Waals surface area contributed by atoms with Gasteiger partial charge in [0.25, 0.3) is 0 Å². The average molecular weight is 397 g/mol. The summed E-state index contributed by atoms with van der Waals surface area (Å²) in [6.07, 6.45) is 0.796. The van der Waals surface area contributed by atoms with Crippen LogP contribution in [0.3, 0.4) is 0 Å². The Morgan fingerprint density at radius 3 is 2.57 bits per heavy atom. The van der Waals surface area contributed by atoms with Crippen molar-refractivity contribution in [1.29, 1.82) is 0 Å². The maximum atomic E-state index is 11.4. The van der Waals surface area contributed by atoms with E-state index in [0.29, 0.717) is 23.8 Å². The number of rotatable bonds is 8. The SMILES string of the molecule is CCCOc1c(OC)cccc1-c1nc(-c2ccc(C)cc2)c(CC(=O)O)s1. The molecular formula is C22H23NO4S. The van der Waals surface area contributed by atoms with E-state index in [1.54, 1.807) is 7.11 Å². The third-order valence-electron chi connectivity index (χ3n) is 4.21. The second-order valence-corrected chi connectivity index (χ2v) is 7.50. The van der Waals surface area contributed by atoms with Crippen molar-refractivity contribution in [3.63, 3.8) is 0 Å². The van der Waals surface area contributed by atoms with Crippen LogP contribution in [0.5, 0.6) is 11.5 Å². The Kier molecular flexibility index (Phi) is 6.31. The van der Waals surface area contributed by atoms with E-state index in [4.69, 9.17) is 14.5 Å². The number of methoxy groups -OCH3 is 1. The molecule has 5 nitrogen and oxygen atoms in total. The van der Waals surface area contributed by atoms with E-state index in [1.807, 2.05) is 56.3 Å². The summed E-state index contributed by atoms with van der Waals surface area (Å²) in [6.45, 7) is 4.62. The third-order valence-corrected chi connectivity index (χ3v) is 5.30. The number of hydrogen-bond acceptors (Lipinski definition) is 5. The molecule has 3 rings (SSSR count). The molecule has 0 aliphatic carbocycles. The first kappa shape index (κ1) is 19.9. The zero-order valence-electron chi connectivity index (χ0n) is 16.2. The van der Waals surface area contributed by atoms with Crippen LogP contribution in [0.4, 0.5) is 0 Å². The molecule has 1 N–H and O–H groups in total. The average Bonchev–Trinajstić information content (AvgIpc) is 3.09. The Hall–Kier alpha value is -2.86. The summed E-state index contributed by atoms with van der Waals surface area (Å²) in [5.74, 6) is 0.396. The van der Waals surface area contributed by atoms with Crippen molar-refractivity contribution in [3.8, 4) is 33.3 Å². The van der Waals surface area contributed by atoms with Crippen molar-refractivity contribution in [3.05, 3.63) is 52.9 Å². The fourth-order valence-corrected chi connectivity index (χ4v) is 3.96. The van der Waals surface area contributed by atoms with E-state index in [0.717, 1.165) is 33.0 Å². The molecule has 0 fully saturated rings. The number of aryl methyl sites for hydroxylation is 1. The van der Waals surface area contributed by atoms with Crippen LogP contribution >= 0.6 is 11.3 Å². The predicted octanol–water partition coefficient (Wildman–Crippen LogP) is 5.21. The minimum absolute atomic E-state index is 0.0734. The number of nitrogens with zero attached hydrogens (tertiary/aromatic N) is 1. The molecule has 0 radical (unpaired) electrons. The molecule has 0 saturated carbocycles. The monoisotopic (exact) mass is 397 g/mol. The molecule has 3 aromatic rings. The second-order valence-electron chi connectivity index (χ2n) is 6.41. The summed E-state index contributed by atoms with van der Waals surface area (Å²) in [4.78, 5) is 16.9. The van der Waals surface area contributed by atoms with Gasteiger partial charge >= 0.3 is 5.97 Å². The highest BCUT2D eigenvalue weighted by atomic mass is 32.1. The van der Waals surface area contributed by atoms with Gasteiger partial charge in [0.15, 0.2) is 11.5 Å². The molecule has 0 spiro atoms. The lowest BCUT2D eigenvalue weighted by Crippen LogP contribution is -1.99. The highest BCUT2D eigenvalue weighted by Crippen LogP contribution is 2.42. The van der Waals surface area contributed by atoms with Crippen LogP contribution < -0.4 is 9.47 Å². The first-order valence-electron chi connectivity index (χ1n) is 9.12. The molecule has 28 heavy (non-hydrogen) atoms. The molecule has 1 heterocycles. The zero-order chi connectivity index (χ0) is 20.1. The number of benzene rings is 2. The smallest absolute Gasteiger partial charge is 0.308 e. The van der Waals surface area contributed by atoms with Crippen LogP contribution in [0.15, 0.2) is 42.5 Å². The number of hydrogen-bond donors (Lipinski definition) is 1. The molecule has 146 valence electrons. The fraction of sp³-hybridized carbons (Fsp3) is 0.273. The van der Waals surface area contributed by atoms with Gasteiger partial charge in [-0.2, -0.15) is 0 Å². The van der Waals surface area contributed by atoms with Gasteiger partial charge in [-0.25, -0.2) is 4.98 Å². The number of para-hydroxylation sites is 1. The first-order valence-corrected chi connectivity index (χ1v) is 9.93. The summed E-state index contributed by atoms with van der Waals surface area (Å²) in [5, 5.41) is 10.1. The number of carboxylic acid groups (broad SMARTS) is 1. The maximum absolute atomic E-state index is 11.4. The number of aliphatic carboxylic acids is 1. The summed E-state index contributed by atoms with van der Waals surface area (Å²) >= 11 is 1.38. The molecule has 0 saturated heterocycles. The molecule has 2 aromatic carbocycles. The minimum Gasteiger partial charge on any atom is -0.493 e. The number of ether oxygens (including phenoxy) is 2. The Morgan fingerprint density at radius 1 is 1.18 bits per heavy atom. The topological polar surface area (TPSA) is 68.7 Å². The van der Waals surface area contributed by atoms with E-state index in [2.05, 4.69) is 0 Å². The minimum atomic E-state index is -0.878. The van der Waals surface area contributed by atoms with Gasteiger partial charge in [-0.15, -0.1) is 11.3 Å². The largest absolute Gasteiger partial charge is 0.493 e. The lowest BCUT2D eigenvalue weighted by molar-refractivity contribution is -0.136. The van der Waals surface area contributed by atoms with Crippen molar-refractivity contribution < 1.29 is 19.4 Å². The van der Waals surface area contributed by atoms with Crippen molar-refractivity contribution in [1.82, 2.24) is 4.98 Å². The van der Waals surface area contributed by atoms with E-state index in [1.165, 1.54) is 11.3 Å². The Bertz CT molecular complexity index is 963. The predicted molar refractivity (Wildman–Crippen MR) is 111 cm³/mol. The first-order chi connectivity index (χ1) is 13.5. The Labute approximate surface area is 168 Å². The van der Waals surface area contributed by atoms with Gasteiger partial charge in [0, 0.05) is 10.4 Å². The summed E-state index contributed by atoms with van der Waals surface area (Å²) in [5.41, 5.74) is 3.56. The van der Waals surface area contributed by atoms with Gasteiger partial charge in [-0.1, -0.05) is 42.8 Å². The van der Waals surface area contributed by atoms with Crippen molar-refractivity contribution in [2.75, 3.05) is 13.7 Å². The lowest BCUT2D eigenvalue weighted by atomic mass is 10.1. The van der Waals surface area contributed by atoms with Crippen LogP contribution in [0.25, 0.3) is 21.8 Å². The van der Waals surface area contributed by atoms with Crippen molar-refractivity contribution >= 4 is 17.3 Å². The van der Waals surface area contributed by atoms with Gasteiger partial charge in [0.1, 0.15) is 5.01 Å². The van der Waals surface area contributed by atoms with Gasteiger partial charge in [-0.3, -0.25) is 4.79 Å². The lowest BCUT2D eigenvalue weighted by Gasteiger charge is -2.13. The standard InChI is InChI=1S/C22H23NO4S/c1-4-12-27-21-16(6-5-7-17(21)26-3)22-23-20(18(28-22)13-19(24)25)15-10-8-14(2)9-11-15/h5-11H,4,12-13H2,1-3H3,(H,24,25). The number of aromatic nitrogens is 1. The maximum Gasteiger partial charge on any atom is 0.308 e. The fourth-order valence-electron chi connectivity index (χ4n) is 2.86. The molecule has 6 heteroatoms. The third kappa shape index (κ3) is 4.34. The van der Waals surface area contributed by atoms with Gasteiger partial charge in [0.2, 0.25) is 0 Å². The number of carboxylic acids is 1. The zero-order valence-corrected chi connectivity index (χ0v) is 17.0. The summed E-state index contributed by atoms with van der Waals surface area (Å²) < 4.78 is 11.4. The summed E-state index contributed by atoms with van der Waals surface area (Å²) in [7, 11) is 1.60. The second kappa shape index (κ2) is 8.89. The molecule has 0 unspecified atom stereocenters. The molecule has 0 aliphatic rings. The molecule has 0 atom stereocenters. The summed E-state index contributed by atoms with van der Waals surface area (Å²) in [6, 6.07) is 13.6. The number of thiazole rings is 1. The molecule has 0 bridgehead atoms. The molecule has 1 aromatic heterocycles. The Morgan fingerprint density at radius 2 is 1.93 bits per heavy atom. The highest BCUT2D eigenvalue weighted by molar-refractivity contribution is 7.15. The highest BCUT2D eigenvalue weighted by Gasteiger charge is 2.20. The Balaban J connectivity index is 2.12. The van der Waals surface area contributed by atoms with Crippen LogP contribution in [-0.2, 0) is 11.2 Å². The van der Waals surface area contributed by atoms with Crippen LogP contribution in [0.2, 0.25) is 0 Å². The van der Waals surface area contributed by atoms with E-state index < -0.39 is 5.97 Å². The van der Waals surface area contributed by atoms with Crippen molar-refractivity contribution in [2.45, 2.75) is 26.7 Å². The molecule has 0 amide bonds. The van der Waals surface area contributed by atoms with Crippen LogP contribution in [0, 0.1) is 6.92 Å². The van der Waals surface area contributed by atoms with Crippen LogP contribution in [-0.4, -0.2) is 29.8 Å². The van der Waals surface area contributed by atoms with Gasteiger partial charge in [-0.05, 0) is 25.5 Å². The van der Waals surface area contributed by atoms with Gasteiger partial charge < -0.3 is 14.6 Å². The van der Waals surface area contributed by atoms with Gasteiger partial charge in [0.05, 0.1) is 31.4 Å². The number of carbonyl (C=O) groups is 1. The normalized spacial score (nSPS) is 10.7. The van der Waals surface area contributed by atoms with Crippen LogP contribution in [0.1, 0.15) is 23.8 Å².